The average molecular weight is 380 g/mol. The number of nitrogens with zero attached hydrogens (tertiary/aromatic N) is 3. The maximum atomic E-state index is 12.0. The molecule has 1 heterocycles. The summed E-state index contributed by atoms with van der Waals surface area (Å²) in [5.41, 5.74) is 2.26. The highest BCUT2D eigenvalue weighted by molar-refractivity contribution is 7.99. The van der Waals surface area contributed by atoms with E-state index in [0.29, 0.717) is 22.4 Å². The maximum absolute atomic E-state index is 12.0. The fraction of sp³-hybridized carbons (Fsp3) is 0.158. The number of nitrogens with one attached hydrogen (secondary N) is 1. The molecule has 1 amide bonds. The van der Waals surface area contributed by atoms with Crippen molar-refractivity contribution in [2.24, 2.45) is 0 Å². The van der Waals surface area contributed by atoms with E-state index in [9.17, 15) is 4.79 Å². The molecular formula is C19H16N4O3S. The number of anilines is 1. The number of ether oxygens (including phenoxy) is 1. The average Bonchev–Trinajstić information content (AvgIpc) is 3.13. The van der Waals surface area contributed by atoms with Crippen LogP contribution in [0.25, 0.3) is 0 Å². The van der Waals surface area contributed by atoms with Crippen molar-refractivity contribution in [2.75, 3.05) is 11.1 Å². The van der Waals surface area contributed by atoms with Crippen LogP contribution < -0.4 is 10.1 Å². The van der Waals surface area contributed by atoms with Crippen molar-refractivity contribution >= 4 is 23.4 Å². The van der Waals surface area contributed by atoms with Crippen LogP contribution in [-0.4, -0.2) is 21.9 Å². The SMILES string of the molecule is Cc1cccc(OCc2nnc(SCC(=O)Nc3ccc(C#N)cc3)o2)c1. The second-order valence-corrected chi connectivity index (χ2v) is 6.52. The van der Waals surface area contributed by atoms with Gasteiger partial charge in [-0.1, -0.05) is 23.9 Å². The van der Waals surface area contributed by atoms with Gasteiger partial charge in [-0.15, -0.1) is 10.2 Å². The molecule has 0 aliphatic rings. The van der Waals surface area contributed by atoms with Gasteiger partial charge in [-0.25, -0.2) is 0 Å². The molecule has 136 valence electrons. The Morgan fingerprint density at radius 1 is 1.26 bits per heavy atom. The summed E-state index contributed by atoms with van der Waals surface area (Å²) in [6.07, 6.45) is 0. The molecule has 0 spiro atoms. The van der Waals surface area contributed by atoms with E-state index in [4.69, 9.17) is 14.4 Å². The molecule has 8 heteroatoms. The quantitative estimate of drug-likeness (QED) is 0.625. The number of rotatable bonds is 7. The van der Waals surface area contributed by atoms with Gasteiger partial charge >= 0.3 is 0 Å². The molecule has 0 unspecified atom stereocenters. The topological polar surface area (TPSA) is 101 Å². The van der Waals surface area contributed by atoms with Crippen LogP contribution in [0.15, 0.2) is 58.2 Å². The summed E-state index contributed by atoms with van der Waals surface area (Å²) < 4.78 is 11.1. The third kappa shape index (κ3) is 5.59. The molecule has 0 aliphatic carbocycles. The molecule has 27 heavy (non-hydrogen) atoms. The van der Waals surface area contributed by atoms with Crippen molar-refractivity contribution in [3.63, 3.8) is 0 Å². The first kappa shape index (κ1) is 18.5. The van der Waals surface area contributed by atoms with Crippen molar-refractivity contribution < 1.29 is 13.9 Å². The Labute approximate surface area is 160 Å². The Bertz CT molecular complexity index is 964. The predicted octanol–water partition coefficient (Wildman–Crippen LogP) is 3.56. The minimum Gasteiger partial charge on any atom is -0.484 e. The van der Waals surface area contributed by atoms with Crippen molar-refractivity contribution in [3.8, 4) is 11.8 Å². The van der Waals surface area contributed by atoms with Crippen LogP contribution in [0, 0.1) is 18.3 Å². The maximum Gasteiger partial charge on any atom is 0.277 e. The molecule has 0 bridgehead atoms. The highest BCUT2D eigenvalue weighted by atomic mass is 32.2. The lowest BCUT2D eigenvalue weighted by Gasteiger charge is -2.04. The van der Waals surface area contributed by atoms with Gasteiger partial charge in [-0.2, -0.15) is 5.26 Å². The fourth-order valence-corrected chi connectivity index (χ4v) is 2.74. The Balaban J connectivity index is 1.46. The van der Waals surface area contributed by atoms with Crippen LogP contribution in [0.3, 0.4) is 0 Å². The number of thioether (sulfide) groups is 1. The Morgan fingerprint density at radius 3 is 2.81 bits per heavy atom. The van der Waals surface area contributed by atoms with Crippen molar-refractivity contribution in [3.05, 3.63) is 65.5 Å². The van der Waals surface area contributed by atoms with Crippen LogP contribution in [0.1, 0.15) is 17.0 Å². The largest absolute Gasteiger partial charge is 0.484 e. The van der Waals surface area contributed by atoms with E-state index in [-0.39, 0.29) is 18.3 Å². The molecule has 3 aromatic rings. The number of benzene rings is 2. The number of aromatic nitrogens is 2. The van der Waals surface area contributed by atoms with E-state index in [0.717, 1.165) is 23.1 Å². The van der Waals surface area contributed by atoms with Crippen LogP contribution in [0.5, 0.6) is 5.75 Å². The molecule has 0 aliphatic heterocycles. The van der Waals surface area contributed by atoms with E-state index in [2.05, 4.69) is 15.5 Å². The zero-order valence-corrected chi connectivity index (χ0v) is 15.3. The summed E-state index contributed by atoms with van der Waals surface area (Å²) in [6.45, 7) is 2.14. The van der Waals surface area contributed by atoms with Crippen molar-refractivity contribution in [1.82, 2.24) is 10.2 Å². The van der Waals surface area contributed by atoms with Gasteiger partial charge < -0.3 is 14.5 Å². The molecule has 0 saturated heterocycles. The number of hydrogen-bond donors (Lipinski definition) is 1. The molecule has 0 saturated carbocycles. The number of carbonyl (C=O) groups is 1. The Morgan fingerprint density at radius 2 is 2.07 bits per heavy atom. The van der Waals surface area contributed by atoms with Gasteiger partial charge in [0.05, 0.1) is 17.4 Å². The van der Waals surface area contributed by atoms with Crippen LogP contribution in [0.2, 0.25) is 0 Å². The monoisotopic (exact) mass is 380 g/mol. The minimum absolute atomic E-state index is 0.125. The summed E-state index contributed by atoms with van der Waals surface area (Å²) in [7, 11) is 0. The first-order valence-corrected chi connectivity index (χ1v) is 9.05. The van der Waals surface area contributed by atoms with Crippen LogP contribution in [-0.2, 0) is 11.4 Å². The van der Waals surface area contributed by atoms with E-state index in [1.54, 1.807) is 24.3 Å². The normalized spacial score (nSPS) is 10.2. The van der Waals surface area contributed by atoms with Crippen molar-refractivity contribution in [2.45, 2.75) is 18.8 Å². The van der Waals surface area contributed by atoms with Gasteiger partial charge in [-0.3, -0.25) is 4.79 Å². The van der Waals surface area contributed by atoms with E-state index in [1.165, 1.54) is 0 Å². The van der Waals surface area contributed by atoms with E-state index >= 15 is 0 Å². The number of aryl methyl sites for hydroxylation is 1. The number of carbonyl (C=O) groups excluding carboxylic acids is 1. The first-order valence-electron chi connectivity index (χ1n) is 8.07. The highest BCUT2D eigenvalue weighted by Crippen LogP contribution is 2.19. The van der Waals surface area contributed by atoms with Gasteiger partial charge in [0.1, 0.15) is 5.75 Å². The lowest BCUT2D eigenvalue weighted by molar-refractivity contribution is -0.113. The smallest absolute Gasteiger partial charge is 0.277 e. The minimum atomic E-state index is -0.208. The molecule has 2 aromatic carbocycles. The lowest BCUT2D eigenvalue weighted by Crippen LogP contribution is -2.13. The molecule has 0 atom stereocenters. The van der Waals surface area contributed by atoms with E-state index in [1.807, 2.05) is 37.3 Å². The zero-order valence-electron chi connectivity index (χ0n) is 14.5. The molecule has 7 nitrogen and oxygen atoms in total. The number of amides is 1. The molecule has 1 N–H and O–H groups in total. The van der Waals surface area contributed by atoms with Crippen LogP contribution in [0.4, 0.5) is 5.69 Å². The van der Waals surface area contributed by atoms with Gasteiger partial charge in [0.25, 0.3) is 11.1 Å². The second-order valence-electron chi connectivity index (χ2n) is 5.59. The molecular weight excluding hydrogens is 364 g/mol. The first-order chi connectivity index (χ1) is 13.1. The van der Waals surface area contributed by atoms with Crippen LogP contribution >= 0.6 is 11.8 Å². The fourth-order valence-electron chi connectivity index (χ4n) is 2.16. The molecule has 1 aromatic heterocycles. The van der Waals surface area contributed by atoms with Gasteiger partial charge in [0.15, 0.2) is 6.61 Å². The van der Waals surface area contributed by atoms with Gasteiger partial charge in [0.2, 0.25) is 5.91 Å². The second kappa shape index (κ2) is 8.87. The third-order valence-corrected chi connectivity index (χ3v) is 4.24. The van der Waals surface area contributed by atoms with Crippen molar-refractivity contribution in [1.29, 1.82) is 5.26 Å². The standard InChI is InChI=1S/C19H16N4O3S/c1-13-3-2-4-16(9-13)25-11-18-22-23-19(26-18)27-12-17(24)21-15-7-5-14(10-20)6-8-15/h2-9H,11-12H2,1H3,(H,21,24). The predicted molar refractivity (Wildman–Crippen MR) is 100 cm³/mol. The third-order valence-electron chi connectivity index (χ3n) is 3.42. The Kier molecular flexibility index (Phi) is 6.07. The summed E-state index contributed by atoms with van der Waals surface area (Å²) in [4.78, 5) is 12.0. The summed E-state index contributed by atoms with van der Waals surface area (Å²) in [6, 6.07) is 16.3. The summed E-state index contributed by atoms with van der Waals surface area (Å²) in [5, 5.41) is 19.6. The molecule has 0 radical (unpaired) electrons. The summed E-state index contributed by atoms with van der Waals surface area (Å²) in [5.74, 6) is 0.983. The Hall–Kier alpha value is -3.31. The summed E-state index contributed by atoms with van der Waals surface area (Å²) >= 11 is 1.14. The number of nitriles is 1. The van der Waals surface area contributed by atoms with E-state index < -0.39 is 0 Å². The highest BCUT2D eigenvalue weighted by Gasteiger charge is 2.10. The van der Waals surface area contributed by atoms with Gasteiger partial charge in [0, 0.05) is 5.69 Å². The molecule has 0 fully saturated rings. The molecule has 3 rings (SSSR count). The lowest BCUT2D eigenvalue weighted by atomic mass is 10.2. The number of hydrogen-bond acceptors (Lipinski definition) is 7. The zero-order chi connectivity index (χ0) is 19.1. The van der Waals surface area contributed by atoms with Gasteiger partial charge in [-0.05, 0) is 48.9 Å².